The number of sulfonamides is 1. The van der Waals surface area contributed by atoms with Crippen molar-refractivity contribution in [2.75, 3.05) is 0 Å². The minimum atomic E-state index is -4.69. The lowest BCUT2D eigenvalue weighted by Gasteiger charge is -2.16. The fourth-order valence-corrected chi connectivity index (χ4v) is 3.65. The van der Waals surface area contributed by atoms with Crippen LogP contribution in [0.1, 0.15) is 11.8 Å². The molecule has 0 saturated carbocycles. The minimum Gasteiger partial charge on any atom is -0.480 e. The Labute approximate surface area is 115 Å². The molecule has 3 N–H and O–H groups in total. The Bertz CT molecular complexity index is 593. The van der Waals surface area contributed by atoms with E-state index in [0.717, 1.165) is 13.0 Å². The third kappa shape index (κ3) is 3.91. The van der Waals surface area contributed by atoms with Crippen LogP contribution in [0.2, 0.25) is 0 Å². The number of aliphatic hydroxyl groups is 1. The van der Waals surface area contributed by atoms with E-state index in [1.54, 1.807) is 4.72 Å². The molecule has 0 aromatic carbocycles. The number of aliphatic hydroxyl groups excluding tert-OH is 1. The Kier molecular flexibility index (Phi) is 4.79. The van der Waals surface area contributed by atoms with Crippen LogP contribution in [0.15, 0.2) is 16.3 Å². The van der Waals surface area contributed by atoms with Gasteiger partial charge in [0.15, 0.2) is 0 Å². The lowest BCUT2D eigenvalue weighted by Crippen LogP contribution is -2.47. The SMILES string of the molecule is C[C@H](O)[C@H](NS(=O)(=O)c1ccc(C(F)(F)F)s1)C(=O)O. The van der Waals surface area contributed by atoms with Crippen LogP contribution < -0.4 is 4.72 Å². The van der Waals surface area contributed by atoms with Gasteiger partial charge in [0.1, 0.15) is 15.1 Å². The summed E-state index contributed by atoms with van der Waals surface area (Å²) in [4.78, 5) is 9.63. The number of carboxylic acids is 1. The predicted octanol–water partition coefficient (Wildman–Crippen LogP) is 0.879. The Balaban J connectivity index is 3.05. The van der Waals surface area contributed by atoms with Crippen molar-refractivity contribution < 1.29 is 36.6 Å². The Hall–Kier alpha value is -1.17. The van der Waals surface area contributed by atoms with E-state index in [-0.39, 0.29) is 11.3 Å². The van der Waals surface area contributed by atoms with E-state index in [0.29, 0.717) is 6.07 Å². The van der Waals surface area contributed by atoms with Gasteiger partial charge >= 0.3 is 12.1 Å². The first-order valence-electron chi connectivity index (χ1n) is 5.05. The summed E-state index contributed by atoms with van der Waals surface area (Å²) in [5.41, 5.74) is 0. The van der Waals surface area contributed by atoms with Gasteiger partial charge in [0, 0.05) is 0 Å². The monoisotopic (exact) mass is 333 g/mol. The highest BCUT2D eigenvalue weighted by Gasteiger charge is 2.35. The van der Waals surface area contributed by atoms with Gasteiger partial charge in [-0.15, -0.1) is 11.3 Å². The van der Waals surface area contributed by atoms with Crippen LogP contribution in [0.5, 0.6) is 0 Å². The van der Waals surface area contributed by atoms with E-state index >= 15 is 0 Å². The summed E-state index contributed by atoms with van der Waals surface area (Å²) >= 11 is -0.0378. The van der Waals surface area contributed by atoms with Crippen molar-refractivity contribution in [3.05, 3.63) is 17.0 Å². The summed E-state index contributed by atoms with van der Waals surface area (Å²) in [6, 6.07) is -0.551. The first-order chi connectivity index (χ1) is 8.95. The predicted molar refractivity (Wildman–Crippen MR) is 62.7 cm³/mol. The van der Waals surface area contributed by atoms with Crippen molar-refractivity contribution in [3.8, 4) is 0 Å². The lowest BCUT2D eigenvalue weighted by molar-refractivity contribution is -0.141. The van der Waals surface area contributed by atoms with Crippen molar-refractivity contribution in [2.45, 2.75) is 29.5 Å². The van der Waals surface area contributed by atoms with Crippen LogP contribution in [-0.4, -0.2) is 36.7 Å². The summed E-state index contributed by atoms with van der Waals surface area (Å²) in [5, 5.41) is 17.9. The molecule has 0 fully saturated rings. The van der Waals surface area contributed by atoms with Crippen LogP contribution in [-0.2, 0) is 21.0 Å². The molecule has 1 aromatic heterocycles. The zero-order chi connectivity index (χ0) is 15.7. The Morgan fingerprint density at radius 1 is 1.40 bits per heavy atom. The molecule has 1 rings (SSSR count). The molecule has 0 aliphatic heterocycles. The van der Waals surface area contributed by atoms with Gasteiger partial charge in [-0.25, -0.2) is 8.42 Å². The fraction of sp³-hybridized carbons (Fsp3) is 0.444. The summed E-state index contributed by atoms with van der Waals surface area (Å²) in [6.45, 7) is 1.04. The highest BCUT2D eigenvalue weighted by atomic mass is 32.2. The van der Waals surface area contributed by atoms with Gasteiger partial charge < -0.3 is 10.2 Å². The zero-order valence-corrected chi connectivity index (χ0v) is 11.5. The van der Waals surface area contributed by atoms with E-state index in [9.17, 15) is 26.4 Å². The minimum absolute atomic E-state index is 0.0378. The zero-order valence-electron chi connectivity index (χ0n) is 9.88. The molecule has 6 nitrogen and oxygen atoms in total. The maximum absolute atomic E-state index is 12.4. The molecular weight excluding hydrogens is 323 g/mol. The van der Waals surface area contributed by atoms with Crippen molar-refractivity contribution in [1.29, 1.82) is 0 Å². The van der Waals surface area contributed by atoms with Crippen molar-refractivity contribution in [3.63, 3.8) is 0 Å². The molecule has 20 heavy (non-hydrogen) atoms. The topological polar surface area (TPSA) is 104 Å². The summed E-state index contributed by atoms with van der Waals surface area (Å²) in [7, 11) is -4.46. The third-order valence-corrected chi connectivity index (χ3v) is 5.22. The highest BCUT2D eigenvalue weighted by molar-refractivity contribution is 7.91. The number of halogens is 3. The van der Waals surface area contributed by atoms with Crippen molar-refractivity contribution in [2.24, 2.45) is 0 Å². The van der Waals surface area contributed by atoms with Crippen LogP contribution in [0.4, 0.5) is 13.2 Å². The number of hydrogen-bond donors (Lipinski definition) is 3. The van der Waals surface area contributed by atoms with Gasteiger partial charge in [-0.3, -0.25) is 4.79 Å². The number of thiophene rings is 1. The molecule has 1 aromatic rings. The highest BCUT2D eigenvalue weighted by Crippen LogP contribution is 2.36. The van der Waals surface area contributed by atoms with E-state index < -0.39 is 43.4 Å². The number of alkyl halides is 3. The molecule has 2 atom stereocenters. The van der Waals surface area contributed by atoms with Gasteiger partial charge in [-0.1, -0.05) is 0 Å². The van der Waals surface area contributed by atoms with Crippen LogP contribution in [0, 0.1) is 0 Å². The second-order valence-corrected chi connectivity index (χ2v) is 6.82. The fourth-order valence-electron chi connectivity index (χ4n) is 1.20. The quantitative estimate of drug-likeness (QED) is 0.742. The number of carboxylic acid groups (broad SMARTS) is 1. The van der Waals surface area contributed by atoms with Crippen LogP contribution >= 0.6 is 11.3 Å². The number of rotatable bonds is 5. The smallest absolute Gasteiger partial charge is 0.425 e. The first kappa shape index (κ1) is 16.9. The van der Waals surface area contributed by atoms with E-state index in [2.05, 4.69) is 0 Å². The normalized spacial score (nSPS) is 15.8. The second-order valence-electron chi connectivity index (χ2n) is 3.79. The number of nitrogens with one attached hydrogen (secondary N) is 1. The first-order valence-corrected chi connectivity index (χ1v) is 7.35. The molecule has 0 amide bonds. The van der Waals surface area contributed by atoms with Crippen molar-refractivity contribution in [1.82, 2.24) is 4.72 Å². The molecule has 114 valence electrons. The molecule has 0 spiro atoms. The average Bonchev–Trinajstić information content (AvgIpc) is 2.74. The van der Waals surface area contributed by atoms with E-state index in [1.807, 2.05) is 0 Å². The average molecular weight is 333 g/mol. The molecular formula is C9H10F3NO5S2. The molecule has 1 heterocycles. The van der Waals surface area contributed by atoms with E-state index in [4.69, 9.17) is 10.2 Å². The Morgan fingerprint density at radius 2 is 1.95 bits per heavy atom. The largest absolute Gasteiger partial charge is 0.480 e. The van der Waals surface area contributed by atoms with Gasteiger partial charge in [0.2, 0.25) is 0 Å². The van der Waals surface area contributed by atoms with Crippen molar-refractivity contribution >= 4 is 27.3 Å². The van der Waals surface area contributed by atoms with Gasteiger partial charge in [0.05, 0.1) is 6.10 Å². The summed E-state index contributed by atoms with van der Waals surface area (Å²) in [6.07, 6.45) is -6.24. The molecule has 0 aliphatic carbocycles. The maximum atomic E-state index is 12.4. The maximum Gasteiger partial charge on any atom is 0.425 e. The molecule has 0 saturated heterocycles. The van der Waals surface area contributed by atoms with Crippen LogP contribution in [0.25, 0.3) is 0 Å². The summed E-state index contributed by atoms with van der Waals surface area (Å²) in [5.74, 6) is -1.64. The molecule has 0 unspecified atom stereocenters. The molecule has 0 aliphatic rings. The van der Waals surface area contributed by atoms with Gasteiger partial charge in [-0.05, 0) is 19.1 Å². The molecule has 11 heteroatoms. The molecule has 0 bridgehead atoms. The number of hydrogen-bond acceptors (Lipinski definition) is 5. The van der Waals surface area contributed by atoms with E-state index in [1.165, 1.54) is 0 Å². The van der Waals surface area contributed by atoms with Gasteiger partial charge in [-0.2, -0.15) is 17.9 Å². The third-order valence-electron chi connectivity index (χ3n) is 2.16. The standard InChI is InChI=1S/C9H10F3NO5S2/c1-4(14)7(8(15)16)13-20(17,18)6-3-2-5(19-6)9(10,11)12/h2-4,7,13-14H,1H3,(H,15,16)/t4-,7-/m0/s1. The van der Waals surface area contributed by atoms with Crippen LogP contribution in [0.3, 0.4) is 0 Å². The summed E-state index contributed by atoms with van der Waals surface area (Å²) < 4.78 is 61.6. The Morgan fingerprint density at radius 3 is 2.30 bits per heavy atom. The second kappa shape index (κ2) is 5.68. The number of carbonyl (C=O) groups is 1. The lowest BCUT2D eigenvalue weighted by atomic mass is 10.2. The number of aliphatic carboxylic acids is 1. The van der Waals surface area contributed by atoms with Gasteiger partial charge in [0.25, 0.3) is 10.0 Å². The molecule has 0 radical (unpaired) electrons.